The smallest absolute Gasteiger partial charge is 0.237 e. The van der Waals surface area contributed by atoms with E-state index in [1.165, 1.54) is 0 Å². The number of nitrogens with zero attached hydrogens (tertiary/aromatic N) is 3. The van der Waals surface area contributed by atoms with Gasteiger partial charge in [0.15, 0.2) is 0 Å². The Hall–Kier alpha value is -1.99. The lowest BCUT2D eigenvalue weighted by molar-refractivity contribution is -0.123. The summed E-state index contributed by atoms with van der Waals surface area (Å²) in [7, 11) is 0. The second-order valence-corrected chi connectivity index (χ2v) is 5.06. The number of halogens is 1. The second kappa shape index (κ2) is 8.45. The zero-order valence-corrected chi connectivity index (χ0v) is 13.4. The van der Waals surface area contributed by atoms with Gasteiger partial charge < -0.3 is 11.1 Å². The van der Waals surface area contributed by atoms with Crippen molar-refractivity contribution in [3.63, 3.8) is 0 Å². The van der Waals surface area contributed by atoms with Crippen LogP contribution in [0.1, 0.15) is 25.8 Å². The lowest BCUT2D eigenvalue weighted by atomic mass is 9.99. The molecule has 0 aliphatic rings. The van der Waals surface area contributed by atoms with Crippen molar-refractivity contribution < 1.29 is 4.79 Å². The molecule has 1 heterocycles. The molecule has 1 amide bonds. The van der Waals surface area contributed by atoms with Crippen LogP contribution < -0.4 is 11.1 Å². The first-order valence-corrected chi connectivity index (χ1v) is 6.98. The molecular weight excluding hydrogens is 304 g/mol. The number of hydrogen-bond donors (Lipinski definition) is 3. The predicted molar refractivity (Wildman–Crippen MR) is 86.1 cm³/mol. The summed E-state index contributed by atoms with van der Waals surface area (Å²) < 4.78 is 0. The van der Waals surface area contributed by atoms with E-state index in [4.69, 9.17) is 5.73 Å². The molecule has 1 aromatic heterocycles. The normalized spacial score (nSPS) is 13.0. The molecule has 0 radical (unpaired) electrons. The zero-order chi connectivity index (χ0) is 15.2. The average molecular weight is 325 g/mol. The molecule has 0 saturated carbocycles. The van der Waals surface area contributed by atoms with E-state index >= 15 is 0 Å². The summed E-state index contributed by atoms with van der Waals surface area (Å²) in [6.45, 7) is 4.45. The van der Waals surface area contributed by atoms with Crippen molar-refractivity contribution in [2.24, 2.45) is 11.7 Å². The molecule has 120 valence electrons. The predicted octanol–water partition coefficient (Wildman–Crippen LogP) is 1.28. The van der Waals surface area contributed by atoms with E-state index in [1.54, 1.807) is 0 Å². The molecule has 2 unspecified atom stereocenters. The van der Waals surface area contributed by atoms with Crippen LogP contribution in [0.5, 0.6) is 0 Å². The first-order valence-electron chi connectivity index (χ1n) is 6.98. The minimum Gasteiger partial charge on any atom is -0.351 e. The van der Waals surface area contributed by atoms with E-state index < -0.39 is 6.04 Å². The van der Waals surface area contributed by atoms with Gasteiger partial charge in [-0.25, -0.2) is 0 Å². The Bertz CT molecular complexity index is 572. The average Bonchev–Trinajstić information content (AvgIpc) is 3.06. The number of rotatable bonds is 6. The standard InChI is InChI=1S/C14H20N6O.ClH/c1-3-9(2)12(15)14(21)16-8-10-4-6-11(7-5-10)13-17-19-20-18-13;/h4-7,9,12H,3,8,15H2,1-2H3,(H,16,21)(H,17,18,19,20);1H. The monoisotopic (exact) mass is 324 g/mol. The summed E-state index contributed by atoms with van der Waals surface area (Å²) in [6.07, 6.45) is 0.883. The number of aromatic nitrogens is 4. The maximum atomic E-state index is 11.9. The summed E-state index contributed by atoms with van der Waals surface area (Å²) in [5.74, 6) is 0.599. The van der Waals surface area contributed by atoms with E-state index in [2.05, 4.69) is 25.9 Å². The summed E-state index contributed by atoms with van der Waals surface area (Å²) >= 11 is 0. The molecule has 0 aliphatic heterocycles. The number of nitrogens with one attached hydrogen (secondary N) is 2. The molecule has 0 spiro atoms. The van der Waals surface area contributed by atoms with Crippen molar-refractivity contribution in [1.82, 2.24) is 25.9 Å². The molecule has 2 rings (SSSR count). The van der Waals surface area contributed by atoms with Crippen LogP contribution in [0, 0.1) is 5.92 Å². The number of hydrogen-bond acceptors (Lipinski definition) is 5. The third-order valence-corrected chi connectivity index (χ3v) is 3.58. The highest BCUT2D eigenvalue weighted by Gasteiger charge is 2.18. The van der Waals surface area contributed by atoms with Gasteiger partial charge in [-0.2, -0.15) is 5.21 Å². The first-order chi connectivity index (χ1) is 10.1. The maximum absolute atomic E-state index is 11.9. The van der Waals surface area contributed by atoms with Gasteiger partial charge >= 0.3 is 0 Å². The van der Waals surface area contributed by atoms with Gasteiger partial charge in [0.1, 0.15) is 0 Å². The molecule has 0 bridgehead atoms. The summed E-state index contributed by atoms with van der Waals surface area (Å²) in [6, 6.07) is 7.15. The van der Waals surface area contributed by atoms with Crippen LogP contribution in [0.15, 0.2) is 24.3 Å². The van der Waals surface area contributed by atoms with E-state index in [-0.39, 0.29) is 24.2 Å². The molecule has 2 aromatic rings. The topological polar surface area (TPSA) is 110 Å². The van der Waals surface area contributed by atoms with Crippen molar-refractivity contribution in [3.8, 4) is 11.4 Å². The van der Waals surface area contributed by atoms with Crippen LogP contribution in [0.3, 0.4) is 0 Å². The molecule has 4 N–H and O–H groups in total. The number of aromatic amines is 1. The van der Waals surface area contributed by atoms with Crippen LogP contribution in [-0.4, -0.2) is 32.6 Å². The molecule has 0 saturated heterocycles. The number of amides is 1. The minimum absolute atomic E-state index is 0. The summed E-state index contributed by atoms with van der Waals surface area (Å²) in [4.78, 5) is 11.9. The Kier molecular flexibility index (Phi) is 6.94. The maximum Gasteiger partial charge on any atom is 0.237 e. The fourth-order valence-corrected chi connectivity index (χ4v) is 1.88. The van der Waals surface area contributed by atoms with Crippen LogP contribution in [-0.2, 0) is 11.3 Å². The van der Waals surface area contributed by atoms with Gasteiger partial charge in [-0.1, -0.05) is 44.5 Å². The van der Waals surface area contributed by atoms with Crippen molar-refractivity contribution in [2.75, 3.05) is 0 Å². The molecule has 0 aliphatic carbocycles. The Labute approximate surface area is 135 Å². The number of carbonyl (C=O) groups is 1. The molecular formula is C14H21ClN6O. The fraction of sp³-hybridized carbons (Fsp3) is 0.429. The number of tetrazole rings is 1. The van der Waals surface area contributed by atoms with Crippen molar-refractivity contribution in [2.45, 2.75) is 32.9 Å². The highest BCUT2D eigenvalue weighted by Crippen LogP contribution is 2.14. The second-order valence-electron chi connectivity index (χ2n) is 5.06. The molecule has 8 heteroatoms. The highest BCUT2D eigenvalue weighted by atomic mass is 35.5. The number of H-pyrrole nitrogens is 1. The van der Waals surface area contributed by atoms with Gasteiger partial charge in [0.05, 0.1) is 6.04 Å². The van der Waals surface area contributed by atoms with Crippen LogP contribution >= 0.6 is 12.4 Å². The summed E-state index contributed by atoms with van der Waals surface area (Å²) in [5.41, 5.74) is 7.75. The molecule has 22 heavy (non-hydrogen) atoms. The molecule has 0 fully saturated rings. The lowest BCUT2D eigenvalue weighted by Gasteiger charge is -2.17. The molecule has 7 nitrogen and oxygen atoms in total. The van der Waals surface area contributed by atoms with E-state index in [1.807, 2.05) is 38.1 Å². The van der Waals surface area contributed by atoms with Crippen LogP contribution in [0.2, 0.25) is 0 Å². The first kappa shape index (κ1) is 18.1. The van der Waals surface area contributed by atoms with Gasteiger partial charge in [0, 0.05) is 12.1 Å². The Morgan fingerprint density at radius 3 is 2.59 bits per heavy atom. The largest absolute Gasteiger partial charge is 0.351 e. The quantitative estimate of drug-likeness (QED) is 0.741. The lowest BCUT2D eigenvalue weighted by Crippen LogP contribution is -2.44. The van der Waals surface area contributed by atoms with Crippen molar-refractivity contribution >= 4 is 18.3 Å². The highest BCUT2D eigenvalue weighted by molar-refractivity contribution is 5.85. The third-order valence-electron chi connectivity index (χ3n) is 3.58. The third kappa shape index (κ3) is 4.51. The van der Waals surface area contributed by atoms with E-state index in [0.29, 0.717) is 12.4 Å². The van der Waals surface area contributed by atoms with Gasteiger partial charge in [-0.3, -0.25) is 4.79 Å². The number of carbonyl (C=O) groups excluding carboxylic acids is 1. The SMILES string of the molecule is CCC(C)C(N)C(=O)NCc1ccc(-c2nn[nH]n2)cc1.Cl. The van der Waals surface area contributed by atoms with Gasteiger partial charge in [0.25, 0.3) is 0 Å². The minimum atomic E-state index is -0.464. The van der Waals surface area contributed by atoms with E-state index in [0.717, 1.165) is 17.5 Å². The Morgan fingerprint density at radius 2 is 2.05 bits per heavy atom. The van der Waals surface area contributed by atoms with Gasteiger partial charge in [-0.15, -0.1) is 22.6 Å². The number of benzene rings is 1. The van der Waals surface area contributed by atoms with Gasteiger partial charge in [-0.05, 0) is 16.7 Å². The molecule has 2 atom stereocenters. The number of nitrogens with two attached hydrogens (primary N) is 1. The fourth-order valence-electron chi connectivity index (χ4n) is 1.88. The Morgan fingerprint density at radius 1 is 1.36 bits per heavy atom. The van der Waals surface area contributed by atoms with Crippen LogP contribution in [0.25, 0.3) is 11.4 Å². The summed E-state index contributed by atoms with van der Waals surface area (Å²) in [5, 5.41) is 16.6. The van der Waals surface area contributed by atoms with Gasteiger partial charge in [0.2, 0.25) is 11.7 Å². The van der Waals surface area contributed by atoms with E-state index in [9.17, 15) is 4.79 Å². The van der Waals surface area contributed by atoms with Crippen molar-refractivity contribution in [1.29, 1.82) is 0 Å². The molecule has 1 aromatic carbocycles. The zero-order valence-electron chi connectivity index (χ0n) is 12.6. The Balaban J connectivity index is 0.00000242. The van der Waals surface area contributed by atoms with Crippen molar-refractivity contribution in [3.05, 3.63) is 29.8 Å². The van der Waals surface area contributed by atoms with Crippen LogP contribution in [0.4, 0.5) is 0 Å².